The van der Waals surface area contributed by atoms with Crippen molar-refractivity contribution >= 4 is 28.6 Å². The second-order valence-corrected chi connectivity index (χ2v) is 6.11. The van der Waals surface area contributed by atoms with Crippen LogP contribution >= 0.6 is 0 Å². The van der Waals surface area contributed by atoms with Crippen LogP contribution in [0.25, 0.3) is 10.9 Å². The van der Waals surface area contributed by atoms with Gasteiger partial charge in [0, 0.05) is 42.1 Å². The van der Waals surface area contributed by atoms with Crippen LogP contribution in [0.2, 0.25) is 0 Å². The van der Waals surface area contributed by atoms with Crippen molar-refractivity contribution in [2.45, 2.75) is 13.3 Å². The fourth-order valence-corrected chi connectivity index (χ4v) is 2.80. The Kier molecular flexibility index (Phi) is 4.52. The smallest absolute Gasteiger partial charge is 0.260 e. The molecule has 27 heavy (non-hydrogen) atoms. The Morgan fingerprint density at radius 1 is 1.22 bits per heavy atom. The van der Waals surface area contributed by atoms with Crippen molar-refractivity contribution in [1.82, 2.24) is 20.1 Å². The summed E-state index contributed by atoms with van der Waals surface area (Å²) in [5, 5.41) is 10.7. The summed E-state index contributed by atoms with van der Waals surface area (Å²) in [4.78, 5) is 23.8. The van der Waals surface area contributed by atoms with Gasteiger partial charge in [0.1, 0.15) is 5.76 Å². The minimum absolute atomic E-state index is 0.339. The Morgan fingerprint density at radius 2 is 2.04 bits per heavy atom. The maximum Gasteiger partial charge on any atom is 0.260 e. The lowest BCUT2D eigenvalue weighted by Gasteiger charge is -2.05. The number of aromatic nitrogens is 4. The number of rotatable bonds is 6. The van der Waals surface area contributed by atoms with E-state index in [1.165, 1.54) is 23.3 Å². The first-order valence-electron chi connectivity index (χ1n) is 8.54. The Hall–Kier alpha value is -3.68. The van der Waals surface area contributed by atoms with E-state index in [9.17, 15) is 4.79 Å². The number of nitrogens with one attached hydrogen (secondary N) is 3. The zero-order valence-corrected chi connectivity index (χ0v) is 14.7. The zero-order valence-electron chi connectivity index (χ0n) is 14.7. The third kappa shape index (κ3) is 3.79. The third-order valence-corrected chi connectivity index (χ3v) is 4.14. The Labute approximate surface area is 155 Å². The van der Waals surface area contributed by atoms with Crippen LogP contribution in [0.4, 0.5) is 11.8 Å². The standard InChI is InChI=1S/C19H18N6O2/c1-12-8-17(25-27-12)24-18(26)14-10-22-19(23-11-14)20-7-6-13-9-21-16-5-3-2-4-15(13)16/h2-5,8-11,21H,6-7H2,1H3,(H,20,22,23)(H,24,25,26). The van der Waals surface area contributed by atoms with Gasteiger partial charge in [-0.25, -0.2) is 9.97 Å². The monoisotopic (exact) mass is 362 g/mol. The molecule has 0 atom stereocenters. The molecule has 0 bridgehead atoms. The van der Waals surface area contributed by atoms with Gasteiger partial charge in [0.2, 0.25) is 5.95 Å². The van der Waals surface area contributed by atoms with E-state index in [0.717, 1.165) is 11.9 Å². The zero-order chi connectivity index (χ0) is 18.6. The number of aryl methyl sites for hydroxylation is 1. The normalized spacial score (nSPS) is 10.9. The summed E-state index contributed by atoms with van der Waals surface area (Å²) < 4.78 is 4.91. The number of benzene rings is 1. The molecule has 136 valence electrons. The van der Waals surface area contributed by atoms with Crippen LogP contribution in [0.15, 0.2) is 53.4 Å². The van der Waals surface area contributed by atoms with Crippen LogP contribution in [0, 0.1) is 6.92 Å². The number of carbonyl (C=O) groups excluding carboxylic acids is 1. The summed E-state index contributed by atoms with van der Waals surface area (Å²) in [5.41, 5.74) is 2.70. The largest absolute Gasteiger partial charge is 0.361 e. The van der Waals surface area contributed by atoms with Gasteiger partial charge in [0.05, 0.1) is 5.56 Å². The molecule has 3 N–H and O–H groups in total. The number of para-hydroxylation sites is 1. The summed E-state index contributed by atoms with van der Waals surface area (Å²) in [6.45, 7) is 2.44. The van der Waals surface area contributed by atoms with Crippen LogP contribution in [0.1, 0.15) is 21.7 Å². The molecule has 0 saturated heterocycles. The molecular weight excluding hydrogens is 344 g/mol. The molecule has 3 heterocycles. The van der Waals surface area contributed by atoms with Crippen molar-refractivity contribution in [3.8, 4) is 0 Å². The minimum Gasteiger partial charge on any atom is -0.361 e. The molecule has 0 fully saturated rings. The Bertz CT molecular complexity index is 1070. The number of nitrogens with zero attached hydrogens (tertiary/aromatic N) is 3. The average Bonchev–Trinajstić information content (AvgIpc) is 3.28. The molecule has 0 saturated carbocycles. The van der Waals surface area contributed by atoms with E-state index in [-0.39, 0.29) is 5.91 Å². The first-order chi connectivity index (χ1) is 13.2. The third-order valence-electron chi connectivity index (χ3n) is 4.14. The van der Waals surface area contributed by atoms with Gasteiger partial charge in [-0.15, -0.1) is 0 Å². The summed E-state index contributed by atoms with van der Waals surface area (Å²) in [6.07, 6.45) is 5.81. The van der Waals surface area contributed by atoms with E-state index in [2.05, 4.69) is 42.9 Å². The second kappa shape index (κ2) is 7.28. The number of H-pyrrole nitrogens is 1. The van der Waals surface area contributed by atoms with Gasteiger partial charge in [-0.1, -0.05) is 23.4 Å². The van der Waals surface area contributed by atoms with Crippen molar-refractivity contribution in [1.29, 1.82) is 0 Å². The van der Waals surface area contributed by atoms with Gasteiger partial charge in [0.25, 0.3) is 5.91 Å². The van der Waals surface area contributed by atoms with Crippen LogP contribution in [-0.2, 0) is 6.42 Å². The van der Waals surface area contributed by atoms with Crippen molar-refractivity contribution in [2.75, 3.05) is 17.2 Å². The lowest BCUT2D eigenvalue weighted by atomic mass is 10.1. The summed E-state index contributed by atoms with van der Waals surface area (Å²) in [5.74, 6) is 1.12. The summed E-state index contributed by atoms with van der Waals surface area (Å²) in [6, 6.07) is 9.83. The lowest BCUT2D eigenvalue weighted by molar-refractivity contribution is 0.102. The topological polar surface area (TPSA) is 109 Å². The number of aromatic amines is 1. The lowest BCUT2D eigenvalue weighted by Crippen LogP contribution is -2.14. The molecule has 0 aliphatic rings. The van der Waals surface area contributed by atoms with Crippen molar-refractivity contribution in [2.24, 2.45) is 0 Å². The van der Waals surface area contributed by atoms with E-state index in [4.69, 9.17) is 4.52 Å². The maximum atomic E-state index is 12.1. The molecule has 8 heteroatoms. The van der Waals surface area contributed by atoms with Gasteiger partial charge in [-0.05, 0) is 25.0 Å². The average molecular weight is 362 g/mol. The minimum atomic E-state index is -0.339. The van der Waals surface area contributed by atoms with Crippen LogP contribution in [-0.4, -0.2) is 32.6 Å². The van der Waals surface area contributed by atoms with Crippen LogP contribution in [0.5, 0.6) is 0 Å². The highest BCUT2D eigenvalue weighted by Crippen LogP contribution is 2.18. The van der Waals surface area contributed by atoms with E-state index >= 15 is 0 Å². The molecule has 0 aliphatic carbocycles. The van der Waals surface area contributed by atoms with Crippen molar-refractivity contribution in [3.05, 3.63) is 65.8 Å². The first kappa shape index (κ1) is 16.8. The van der Waals surface area contributed by atoms with Gasteiger partial charge >= 0.3 is 0 Å². The highest BCUT2D eigenvalue weighted by atomic mass is 16.5. The van der Waals surface area contributed by atoms with Gasteiger partial charge < -0.3 is 20.1 Å². The predicted octanol–water partition coefficient (Wildman–Crippen LogP) is 3.16. The fourth-order valence-electron chi connectivity index (χ4n) is 2.80. The van der Waals surface area contributed by atoms with Gasteiger partial charge in [-0.3, -0.25) is 4.79 Å². The van der Waals surface area contributed by atoms with Crippen molar-refractivity contribution < 1.29 is 9.32 Å². The SMILES string of the molecule is Cc1cc(NC(=O)c2cnc(NCCc3c[nH]c4ccccc34)nc2)no1. The van der Waals surface area contributed by atoms with Gasteiger partial charge in [-0.2, -0.15) is 0 Å². The Balaban J connectivity index is 1.33. The highest BCUT2D eigenvalue weighted by molar-refractivity contribution is 6.03. The van der Waals surface area contributed by atoms with Crippen molar-refractivity contribution in [3.63, 3.8) is 0 Å². The summed E-state index contributed by atoms with van der Waals surface area (Å²) >= 11 is 0. The fraction of sp³-hybridized carbons (Fsp3) is 0.158. The van der Waals surface area contributed by atoms with E-state index < -0.39 is 0 Å². The van der Waals surface area contributed by atoms with E-state index in [1.54, 1.807) is 13.0 Å². The first-order valence-corrected chi connectivity index (χ1v) is 8.54. The van der Waals surface area contributed by atoms with Crippen LogP contribution in [0.3, 0.4) is 0 Å². The number of hydrogen-bond acceptors (Lipinski definition) is 6. The molecule has 1 amide bonds. The maximum absolute atomic E-state index is 12.1. The molecule has 0 unspecified atom stereocenters. The predicted molar refractivity (Wildman–Crippen MR) is 102 cm³/mol. The molecule has 3 aromatic heterocycles. The van der Waals surface area contributed by atoms with Gasteiger partial charge in [0.15, 0.2) is 5.82 Å². The number of anilines is 2. The molecular formula is C19H18N6O2. The number of carbonyl (C=O) groups is 1. The molecule has 4 aromatic rings. The molecule has 0 aliphatic heterocycles. The number of fused-ring (bicyclic) bond motifs is 1. The molecule has 4 rings (SSSR count). The van der Waals surface area contributed by atoms with Crippen LogP contribution < -0.4 is 10.6 Å². The Morgan fingerprint density at radius 3 is 2.81 bits per heavy atom. The second-order valence-electron chi connectivity index (χ2n) is 6.11. The highest BCUT2D eigenvalue weighted by Gasteiger charge is 2.10. The molecule has 8 nitrogen and oxygen atoms in total. The quantitative estimate of drug-likeness (QED) is 0.486. The molecule has 1 aromatic carbocycles. The van der Waals surface area contributed by atoms with E-state index in [1.807, 2.05) is 18.3 Å². The number of amides is 1. The summed E-state index contributed by atoms with van der Waals surface area (Å²) in [7, 11) is 0. The molecule has 0 spiro atoms. The number of hydrogen-bond donors (Lipinski definition) is 3. The van der Waals surface area contributed by atoms with E-state index in [0.29, 0.717) is 29.6 Å². The molecule has 0 radical (unpaired) electrons.